The predicted octanol–water partition coefficient (Wildman–Crippen LogP) is 4.93. The standard InChI is InChI=1S/C14H23F2N/c1-4-6-7-9-14(3,8-5-2)13-11(15)10-12(16)17-13/h10,17H,4-9H2,1-3H3. The molecule has 3 heteroatoms. The second-order valence-electron chi connectivity index (χ2n) is 5.11. The van der Waals surface area contributed by atoms with Crippen molar-refractivity contribution in [2.45, 2.75) is 64.7 Å². The van der Waals surface area contributed by atoms with Crippen LogP contribution in [0.2, 0.25) is 0 Å². The summed E-state index contributed by atoms with van der Waals surface area (Å²) in [5, 5.41) is 0. The van der Waals surface area contributed by atoms with Crippen molar-refractivity contribution in [2.24, 2.45) is 0 Å². The average molecular weight is 243 g/mol. The van der Waals surface area contributed by atoms with Crippen LogP contribution in [0.4, 0.5) is 8.78 Å². The first-order valence-electron chi connectivity index (χ1n) is 6.58. The molecule has 17 heavy (non-hydrogen) atoms. The lowest BCUT2D eigenvalue weighted by Gasteiger charge is -2.28. The number of unbranched alkanes of at least 4 members (excludes halogenated alkanes) is 2. The number of halogens is 2. The lowest BCUT2D eigenvalue weighted by molar-refractivity contribution is 0.354. The van der Waals surface area contributed by atoms with Crippen molar-refractivity contribution < 1.29 is 8.78 Å². The van der Waals surface area contributed by atoms with Gasteiger partial charge < -0.3 is 4.98 Å². The topological polar surface area (TPSA) is 15.8 Å². The highest BCUT2D eigenvalue weighted by molar-refractivity contribution is 5.19. The summed E-state index contributed by atoms with van der Waals surface area (Å²) < 4.78 is 26.7. The minimum Gasteiger partial charge on any atom is -0.332 e. The van der Waals surface area contributed by atoms with Gasteiger partial charge in [0.1, 0.15) is 5.82 Å². The molecule has 0 saturated carbocycles. The molecule has 1 N–H and O–H groups in total. The van der Waals surface area contributed by atoms with Crippen LogP contribution in [0.1, 0.15) is 65.0 Å². The summed E-state index contributed by atoms with van der Waals surface area (Å²) in [5.41, 5.74) is 0.172. The largest absolute Gasteiger partial charge is 0.332 e. The van der Waals surface area contributed by atoms with E-state index in [1.54, 1.807) is 0 Å². The molecule has 0 fully saturated rings. The third-order valence-electron chi connectivity index (χ3n) is 3.47. The van der Waals surface area contributed by atoms with Crippen LogP contribution < -0.4 is 0 Å². The number of H-pyrrole nitrogens is 1. The molecule has 1 rings (SSSR count). The highest BCUT2D eigenvalue weighted by Gasteiger charge is 2.30. The zero-order chi connectivity index (χ0) is 12.9. The molecule has 98 valence electrons. The Morgan fingerprint density at radius 3 is 2.29 bits per heavy atom. The smallest absolute Gasteiger partial charge is 0.194 e. The van der Waals surface area contributed by atoms with Crippen LogP contribution in [-0.4, -0.2) is 4.98 Å². The lowest BCUT2D eigenvalue weighted by atomic mass is 9.77. The van der Waals surface area contributed by atoms with Crippen molar-refractivity contribution in [1.82, 2.24) is 4.98 Å². The van der Waals surface area contributed by atoms with Crippen LogP contribution in [-0.2, 0) is 5.41 Å². The zero-order valence-electron chi connectivity index (χ0n) is 11.1. The Kier molecular flexibility index (Phi) is 5.16. The van der Waals surface area contributed by atoms with Crippen molar-refractivity contribution in [1.29, 1.82) is 0 Å². The first-order chi connectivity index (χ1) is 8.03. The van der Waals surface area contributed by atoms with Crippen molar-refractivity contribution >= 4 is 0 Å². The van der Waals surface area contributed by atoms with Gasteiger partial charge in [0.2, 0.25) is 0 Å². The minimum atomic E-state index is -0.574. The minimum absolute atomic E-state index is 0.266. The Balaban J connectivity index is 2.86. The van der Waals surface area contributed by atoms with Gasteiger partial charge in [0.15, 0.2) is 5.95 Å². The third kappa shape index (κ3) is 3.55. The summed E-state index contributed by atoms with van der Waals surface area (Å²) in [6, 6.07) is 0.947. The van der Waals surface area contributed by atoms with Crippen LogP contribution >= 0.6 is 0 Å². The fourth-order valence-electron chi connectivity index (χ4n) is 2.53. The molecule has 0 aliphatic heterocycles. The van der Waals surface area contributed by atoms with Crippen LogP contribution in [0.5, 0.6) is 0 Å². The normalized spacial score (nSPS) is 14.9. The number of aromatic nitrogens is 1. The third-order valence-corrected chi connectivity index (χ3v) is 3.47. The van der Waals surface area contributed by atoms with E-state index in [1.165, 1.54) is 0 Å². The summed E-state index contributed by atoms with van der Waals surface area (Å²) in [5.74, 6) is -1.01. The molecule has 0 radical (unpaired) electrons. The van der Waals surface area contributed by atoms with E-state index in [2.05, 4.69) is 18.8 Å². The molecular formula is C14H23F2N. The molecule has 1 heterocycles. The van der Waals surface area contributed by atoms with E-state index in [-0.39, 0.29) is 5.41 Å². The molecule has 0 spiro atoms. The summed E-state index contributed by atoms with van der Waals surface area (Å²) in [6.07, 6.45) is 6.11. The van der Waals surface area contributed by atoms with E-state index in [4.69, 9.17) is 0 Å². The second-order valence-corrected chi connectivity index (χ2v) is 5.11. The summed E-state index contributed by atoms with van der Waals surface area (Å²) >= 11 is 0. The molecule has 0 saturated heterocycles. The molecule has 0 bridgehead atoms. The molecule has 0 amide bonds. The number of hydrogen-bond donors (Lipinski definition) is 1. The van der Waals surface area contributed by atoms with Gasteiger partial charge >= 0.3 is 0 Å². The van der Waals surface area contributed by atoms with Crippen molar-refractivity contribution in [3.05, 3.63) is 23.5 Å². The SMILES string of the molecule is CCCCCC(C)(CCC)c1[nH]c(F)cc1F. The van der Waals surface area contributed by atoms with E-state index in [0.717, 1.165) is 44.6 Å². The first kappa shape index (κ1) is 14.2. The van der Waals surface area contributed by atoms with Gasteiger partial charge in [-0.3, -0.25) is 0 Å². The van der Waals surface area contributed by atoms with E-state index in [1.807, 2.05) is 6.92 Å². The van der Waals surface area contributed by atoms with E-state index >= 15 is 0 Å². The Labute approximate surface area is 103 Å². The molecule has 1 aromatic rings. The number of aromatic amines is 1. The summed E-state index contributed by atoms with van der Waals surface area (Å²) in [7, 11) is 0. The molecule has 0 aliphatic carbocycles. The zero-order valence-corrected chi connectivity index (χ0v) is 11.1. The monoisotopic (exact) mass is 243 g/mol. The molecular weight excluding hydrogens is 220 g/mol. The van der Waals surface area contributed by atoms with Crippen molar-refractivity contribution in [2.75, 3.05) is 0 Å². The molecule has 1 unspecified atom stereocenters. The van der Waals surface area contributed by atoms with Crippen molar-refractivity contribution in [3.8, 4) is 0 Å². The fraction of sp³-hybridized carbons (Fsp3) is 0.714. The maximum Gasteiger partial charge on any atom is 0.194 e. The van der Waals surface area contributed by atoms with Gasteiger partial charge in [0, 0.05) is 11.5 Å². The Hall–Kier alpha value is -0.860. The maximum atomic E-state index is 13.7. The first-order valence-corrected chi connectivity index (χ1v) is 6.58. The highest BCUT2D eigenvalue weighted by atomic mass is 19.1. The van der Waals surface area contributed by atoms with Gasteiger partial charge in [0.05, 0.1) is 5.69 Å². The van der Waals surface area contributed by atoms with Gasteiger partial charge in [-0.05, 0) is 12.8 Å². The molecule has 1 atom stereocenters. The maximum absolute atomic E-state index is 13.7. The van der Waals surface area contributed by atoms with Gasteiger partial charge in [0.25, 0.3) is 0 Å². The lowest BCUT2D eigenvalue weighted by Crippen LogP contribution is -2.23. The molecule has 0 aliphatic rings. The van der Waals surface area contributed by atoms with Crippen LogP contribution in [0.15, 0.2) is 6.07 Å². The predicted molar refractivity (Wildman–Crippen MR) is 67.1 cm³/mol. The Morgan fingerprint density at radius 1 is 1.12 bits per heavy atom. The number of nitrogens with one attached hydrogen (secondary N) is 1. The molecule has 0 aromatic carbocycles. The summed E-state index contributed by atoms with van der Waals surface area (Å²) in [6.45, 7) is 6.25. The van der Waals surface area contributed by atoms with E-state index < -0.39 is 11.8 Å². The van der Waals surface area contributed by atoms with Crippen molar-refractivity contribution in [3.63, 3.8) is 0 Å². The summed E-state index contributed by atoms with van der Waals surface area (Å²) in [4.78, 5) is 2.55. The van der Waals surface area contributed by atoms with Gasteiger partial charge in [-0.2, -0.15) is 4.39 Å². The van der Waals surface area contributed by atoms with Crippen LogP contribution in [0.3, 0.4) is 0 Å². The second kappa shape index (κ2) is 6.18. The molecule has 1 nitrogen and oxygen atoms in total. The van der Waals surface area contributed by atoms with Gasteiger partial charge in [-0.25, -0.2) is 4.39 Å². The highest BCUT2D eigenvalue weighted by Crippen LogP contribution is 2.35. The Bertz CT molecular complexity index is 346. The van der Waals surface area contributed by atoms with E-state index in [9.17, 15) is 8.78 Å². The molecule has 1 aromatic heterocycles. The van der Waals surface area contributed by atoms with Gasteiger partial charge in [-0.15, -0.1) is 0 Å². The van der Waals surface area contributed by atoms with Crippen LogP contribution in [0, 0.1) is 11.8 Å². The number of rotatable bonds is 7. The van der Waals surface area contributed by atoms with Gasteiger partial charge in [-0.1, -0.05) is 46.5 Å². The Morgan fingerprint density at radius 2 is 1.82 bits per heavy atom. The quantitative estimate of drug-likeness (QED) is 0.653. The average Bonchev–Trinajstić information content (AvgIpc) is 2.59. The fourth-order valence-corrected chi connectivity index (χ4v) is 2.53. The van der Waals surface area contributed by atoms with E-state index in [0.29, 0.717) is 5.69 Å². The number of hydrogen-bond acceptors (Lipinski definition) is 0. The van der Waals surface area contributed by atoms with Crippen LogP contribution in [0.25, 0.3) is 0 Å².